The van der Waals surface area contributed by atoms with Crippen LogP contribution in [0.1, 0.15) is 88.2 Å². The van der Waals surface area contributed by atoms with E-state index in [1.807, 2.05) is 37.3 Å². The molecular formula is C42H48O6. The average Bonchev–Trinajstić information content (AvgIpc) is 3.93. The van der Waals surface area contributed by atoms with Crippen LogP contribution in [0, 0.1) is 0 Å². The summed E-state index contributed by atoms with van der Waals surface area (Å²) >= 11 is 0. The van der Waals surface area contributed by atoms with Crippen LogP contribution in [0.3, 0.4) is 0 Å². The zero-order valence-corrected chi connectivity index (χ0v) is 28.1. The summed E-state index contributed by atoms with van der Waals surface area (Å²) in [6.07, 6.45) is 20.2. The molecule has 2 saturated carbocycles. The topological polar surface area (TPSA) is 63.2 Å². The minimum atomic E-state index is -0.556. The fourth-order valence-corrected chi connectivity index (χ4v) is 8.27. The molecule has 2 aliphatic heterocycles. The van der Waals surface area contributed by atoms with Gasteiger partial charge in [0.1, 0.15) is 24.9 Å². The third kappa shape index (κ3) is 6.69. The van der Waals surface area contributed by atoms with Gasteiger partial charge in [0.15, 0.2) is 11.6 Å². The summed E-state index contributed by atoms with van der Waals surface area (Å²) in [5.41, 5.74) is 6.58. The van der Waals surface area contributed by atoms with Crippen LogP contribution in [0.2, 0.25) is 0 Å². The maximum atomic E-state index is 12.8. The zero-order valence-electron chi connectivity index (χ0n) is 28.1. The van der Waals surface area contributed by atoms with E-state index in [1.165, 1.54) is 22.3 Å². The van der Waals surface area contributed by atoms with Crippen molar-refractivity contribution in [2.24, 2.45) is 0 Å². The third-order valence-corrected chi connectivity index (χ3v) is 10.6. The molecule has 4 atom stereocenters. The van der Waals surface area contributed by atoms with Gasteiger partial charge in [-0.05, 0) is 78.8 Å². The number of hydrogen-bond acceptors (Lipinski definition) is 6. The molecule has 4 fully saturated rings. The highest BCUT2D eigenvalue weighted by Gasteiger charge is 2.55. The van der Waals surface area contributed by atoms with Gasteiger partial charge in [-0.3, -0.25) is 0 Å². The number of benzene rings is 2. The minimum Gasteiger partial charge on any atom is -0.462 e. The molecule has 0 bridgehead atoms. The van der Waals surface area contributed by atoms with Crippen molar-refractivity contribution >= 4 is 5.97 Å². The van der Waals surface area contributed by atoms with Crippen LogP contribution in [-0.2, 0) is 28.5 Å². The molecule has 2 spiro atoms. The lowest BCUT2D eigenvalue weighted by Gasteiger charge is -2.26. The zero-order chi connectivity index (χ0) is 33.1. The van der Waals surface area contributed by atoms with Crippen molar-refractivity contribution in [1.82, 2.24) is 0 Å². The van der Waals surface area contributed by atoms with Crippen LogP contribution in [0.5, 0.6) is 0 Å². The molecule has 0 aromatic heterocycles. The highest BCUT2D eigenvalue weighted by atomic mass is 16.8. The Hall–Kier alpha value is -3.55. The maximum Gasteiger partial charge on any atom is 0.331 e. The summed E-state index contributed by atoms with van der Waals surface area (Å²) < 4.78 is 32.2. The quantitative estimate of drug-likeness (QED) is 0.105. The van der Waals surface area contributed by atoms with E-state index in [4.69, 9.17) is 23.7 Å². The van der Waals surface area contributed by atoms with Crippen molar-refractivity contribution < 1.29 is 28.5 Å². The second-order valence-corrected chi connectivity index (χ2v) is 14.0. The second kappa shape index (κ2) is 14.1. The Bertz CT molecular complexity index is 1560. The van der Waals surface area contributed by atoms with Gasteiger partial charge >= 0.3 is 5.97 Å². The van der Waals surface area contributed by atoms with Crippen molar-refractivity contribution in [3.8, 4) is 11.1 Å². The van der Waals surface area contributed by atoms with E-state index in [0.717, 1.165) is 62.5 Å². The summed E-state index contributed by atoms with van der Waals surface area (Å²) in [6, 6.07) is 16.7. The average molecular weight is 649 g/mol. The van der Waals surface area contributed by atoms with Crippen LogP contribution >= 0.6 is 0 Å². The Morgan fingerprint density at radius 3 is 2.10 bits per heavy atom. The minimum absolute atomic E-state index is 0.0465. The predicted molar refractivity (Wildman–Crippen MR) is 187 cm³/mol. The van der Waals surface area contributed by atoms with Crippen LogP contribution in [0.4, 0.5) is 0 Å². The molecule has 7 rings (SSSR count). The Morgan fingerprint density at radius 1 is 0.854 bits per heavy atom. The number of rotatable bonds is 11. The van der Waals surface area contributed by atoms with Gasteiger partial charge in [0.2, 0.25) is 0 Å². The lowest BCUT2D eigenvalue weighted by atomic mass is 9.95. The smallest absolute Gasteiger partial charge is 0.331 e. The van der Waals surface area contributed by atoms with E-state index >= 15 is 0 Å². The van der Waals surface area contributed by atoms with Gasteiger partial charge in [0.25, 0.3) is 0 Å². The van der Waals surface area contributed by atoms with Gasteiger partial charge in [-0.2, -0.15) is 0 Å². The molecule has 2 aromatic carbocycles. The molecule has 2 aromatic rings. The molecule has 2 saturated heterocycles. The largest absolute Gasteiger partial charge is 0.462 e. The first-order valence-electron chi connectivity index (χ1n) is 17.8. The van der Waals surface area contributed by atoms with Crippen LogP contribution in [-0.4, -0.2) is 48.6 Å². The molecule has 0 unspecified atom stereocenters. The van der Waals surface area contributed by atoms with E-state index in [0.29, 0.717) is 19.4 Å². The molecule has 0 amide bonds. The van der Waals surface area contributed by atoms with Gasteiger partial charge in [-0.15, -0.1) is 6.58 Å². The first kappa shape index (κ1) is 33.0. The predicted octanol–water partition coefficient (Wildman–Crippen LogP) is 9.03. The van der Waals surface area contributed by atoms with Crippen LogP contribution < -0.4 is 0 Å². The first-order valence-corrected chi connectivity index (χ1v) is 17.8. The molecular weight excluding hydrogens is 600 g/mol. The molecule has 6 heteroatoms. The maximum absolute atomic E-state index is 12.8. The number of esters is 1. The Morgan fingerprint density at radius 2 is 1.46 bits per heavy atom. The highest BCUT2D eigenvalue weighted by Crippen LogP contribution is 2.49. The Balaban J connectivity index is 0.955. The molecule has 0 radical (unpaired) electrons. The molecule has 252 valence electrons. The van der Waals surface area contributed by atoms with Crippen molar-refractivity contribution in [2.75, 3.05) is 6.61 Å². The highest BCUT2D eigenvalue weighted by molar-refractivity contribution is 5.84. The first-order chi connectivity index (χ1) is 23.4. The van der Waals surface area contributed by atoms with Crippen LogP contribution in [0.15, 0.2) is 109 Å². The monoisotopic (exact) mass is 648 g/mol. The van der Waals surface area contributed by atoms with Gasteiger partial charge < -0.3 is 23.7 Å². The Labute approximate surface area is 285 Å². The fraction of sp³-hybridized carbons (Fsp3) is 0.452. The normalized spacial score (nSPS) is 27.4. The lowest BCUT2D eigenvalue weighted by molar-refractivity contribution is -0.171. The summed E-state index contributed by atoms with van der Waals surface area (Å²) in [7, 11) is 0. The molecule has 6 nitrogen and oxygen atoms in total. The van der Waals surface area contributed by atoms with Crippen LogP contribution in [0.25, 0.3) is 11.1 Å². The van der Waals surface area contributed by atoms with Gasteiger partial charge in [-0.25, -0.2) is 4.79 Å². The van der Waals surface area contributed by atoms with Gasteiger partial charge in [0.05, 0.1) is 6.10 Å². The summed E-state index contributed by atoms with van der Waals surface area (Å²) in [4.78, 5) is 12.8. The van der Waals surface area contributed by atoms with Gasteiger partial charge in [0, 0.05) is 37.7 Å². The van der Waals surface area contributed by atoms with Crippen molar-refractivity contribution in [3.05, 3.63) is 120 Å². The van der Waals surface area contributed by atoms with Crippen molar-refractivity contribution in [3.63, 3.8) is 0 Å². The molecule has 3 aliphatic carbocycles. The molecule has 0 N–H and O–H groups in total. The summed E-state index contributed by atoms with van der Waals surface area (Å²) in [5, 5.41) is 0. The number of carbonyl (C=O) groups excluding carboxylic acids is 1. The number of hydrogen-bond donors (Lipinski definition) is 0. The molecule has 5 aliphatic rings. The molecule has 48 heavy (non-hydrogen) atoms. The number of ether oxygens (including phenoxy) is 5. The van der Waals surface area contributed by atoms with E-state index in [-0.39, 0.29) is 36.3 Å². The standard InChI is InChI=1S/C42H48O6/c1-4-16-36-39(47-41(45-36)23-12-13-24-41)30(3)40-37(46-42(48-40)25-14-15-26-42)22-7-5-6-17-29(2)27-38(43)44-28-35-33-20-10-8-18-31(33)32-19-9-11-21-34(32)35/h4,6-11,17-22,27,35-37,39-40H,1,3,5,12-16,23-26,28H2,2H3/b17-6+,22-7+,29-27+/t36-,37+,39-,40+/m0/s1. The fourth-order valence-electron chi connectivity index (χ4n) is 8.27. The molecule has 2 heterocycles. The van der Waals surface area contributed by atoms with E-state index < -0.39 is 11.6 Å². The van der Waals surface area contributed by atoms with Crippen molar-refractivity contribution in [1.29, 1.82) is 0 Å². The third-order valence-electron chi connectivity index (χ3n) is 10.6. The summed E-state index contributed by atoms with van der Waals surface area (Å²) in [6.45, 7) is 10.7. The van der Waals surface area contributed by atoms with E-state index in [2.05, 4.69) is 61.7 Å². The summed E-state index contributed by atoms with van der Waals surface area (Å²) in [5.74, 6) is -1.35. The number of allylic oxidation sites excluding steroid dienone is 4. The number of fused-ring (bicyclic) bond motifs is 3. The van der Waals surface area contributed by atoms with Crippen molar-refractivity contribution in [2.45, 2.75) is 113 Å². The second-order valence-electron chi connectivity index (χ2n) is 14.0. The SMILES string of the molecule is C=CC[C@@H]1OC2(CCCC2)O[C@H]1C(=C)[C@H]1OC2(CCCC2)O[C@@H]1/C=C/C/C=C/C(C)=C/C(=O)OCC1c2ccccc2-c2ccccc21. The number of carbonyl (C=O) groups is 1. The Kier molecular flexibility index (Phi) is 9.70. The van der Waals surface area contributed by atoms with Gasteiger partial charge in [-0.1, -0.05) is 85.5 Å². The van der Waals surface area contributed by atoms with E-state index in [1.54, 1.807) is 6.08 Å². The van der Waals surface area contributed by atoms with E-state index in [9.17, 15) is 4.79 Å². The lowest BCUT2D eigenvalue weighted by Crippen LogP contribution is -2.35.